The predicted molar refractivity (Wildman–Crippen MR) is 121 cm³/mol. The van der Waals surface area contributed by atoms with Gasteiger partial charge < -0.3 is 4.57 Å². The van der Waals surface area contributed by atoms with E-state index >= 15 is 0 Å². The number of nitrogens with zero attached hydrogens (tertiary/aromatic N) is 4. The van der Waals surface area contributed by atoms with Crippen LogP contribution in [0.15, 0.2) is 65.2 Å². The minimum absolute atomic E-state index is 0.00752. The van der Waals surface area contributed by atoms with Crippen LogP contribution in [0.3, 0.4) is 0 Å². The highest BCUT2D eigenvalue weighted by Gasteiger charge is 2.17. The van der Waals surface area contributed by atoms with Gasteiger partial charge in [-0.3, -0.25) is 4.79 Å². The maximum absolute atomic E-state index is 13.1. The number of aromatic nitrogens is 4. The average molecular weight is 399 g/mol. The molecule has 5 nitrogen and oxygen atoms in total. The molecule has 0 N–H and O–H groups in total. The summed E-state index contributed by atoms with van der Waals surface area (Å²) < 4.78 is 3.65. The average Bonchev–Trinajstić information content (AvgIpc) is 3.19. The molecule has 1 aliphatic rings. The zero-order chi connectivity index (χ0) is 20.5. The fourth-order valence-electron chi connectivity index (χ4n) is 4.47. The molecule has 0 spiro atoms. The van der Waals surface area contributed by atoms with Crippen LogP contribution in [0.2, 0.25) is 0 Å². The molecular weight excluding hydrogens is 372 g/mol. The van der Waals surface area contributed by atoms with Gasteiger partial charge in [0, 0.05) is 24.5 Å². The Hall–Kier alpha value is -3.21. The van der Waals surface area contributed by atoms with E-state index in [1.807, 2.05) is 39.5 Å². The molecule has 0 saturated heterocycles. The highest BCUT2D eigenvalue weighted by atomic mass is 16.1. The van der Waals surface area contributed by atoms with Gasteiger partial charge >= 0.3 is 0 Å². The van der Waals surface area contributed by atoms with Gasteiger partial charge in [-0.25, -0.2) is 9.50 Å². The van der Waals surface area contributed by atoms with Gasteiger partial charge in [-0.1, -0.05) is 48.9 Å². The lowest BCUT2D eigenvalue weighted by Gasteiger charge is -2.13. The van der Waals surface area contributed by atoms with E-state index in [0.29, 0.717) is 11.9 Å². The van der Waals surface area contributed by atoms with Crippen molar-refractivity contribution in [1.82, 2.24) is 19.2 Å². The maximum atomic E-state index is 13.1. The largest absolute Gasteiger partial charge is 0.315 e. The van der Waals surface area contributed by atoms with Crippen molar-refractivity contribution in [2.45, 2.75) is 52.0 Å². The van der Waals surface area contributed by atoms with E-state index in [1.165, 1.54) is 31.3 Å². The minimum atomic E-state index is 0.00752. The summed E-state index contributed by atoms with van der Waals surface area (Å²) in [5.41, 5.74) is 6.25. The van der Waals surface area contributed by atoms with Crippen molar-refractivity contribution in [2.24, 2.45) is 0 Å². The zero-order valence-corrected chi connectivity index (χ0v) is 17.3. The van der Waals surface area contributed by atoms with Crippen molar-refractivity contribution < 1.29 is 0 Å². The lowest BCUT2D eigenvalue weighted by molar-refractivity contribution is 0.616. The van der Waals surface area contributed by atoms with E-state index in [2.05, 4.69) is 30.1 Å². The number of hydrogen-bond acceptors (Lipinski definition) is 3. The van der Waals surface area contributed by atoms with Crippen LogP contribution in [0.4, 0.5) is 0 Å². The number of benzene rings is 1. The molecule has 3 heterocycles. The van der Waals surface area contributed by atoms with E-state index in [9.17, 15) is 4.79 Å². The van der Waals surface area contributed by atoms with Crippen molar-refractivity contribution in [3.05, 3.63) is 76.5 Å². The van der Waals surface area contributed by atoms with Crippen LogP contribution in [0.25, 0.3) is 27.7 Å². The molecule has 1 aliphatic carbocycles. The third-order valence-electron chi connectivity index (χ3n) is 6.11. The Morgan fingerprint density at radius 3 is 2.73 bits per heavy atom. The maximum Gasteiger partial charge on any atom is 0.261 e. The van der Waals surface area contributed by atoms with Gasteiger partial charge in [-0.15, -0.1) is 0 Å². The fraction of sp³-hybridized carbons (Fsp3) is 0.320. The van der Waals surface area contributed by atoms with Crippen molar-refractivity contribution in [3.63, 3.8) is 0 Å². The summed E-state index contributed by atoms with van der Waals surface area (Å²) in [7, 11) is 0. The molecular formula is C25H26N4O. The first kappa shape index (κ1) is 18.8. The van der Waals surface area contributed by atoms with E-state index in [4.69, 9.17) is 5.10 Å². The molecule has 5 heteroatoms. The molecule has 30 heavy (non-hydrogen) atoms. The van der Waals surface area contributed by atoms with Crippen LogP contribution < -0.4 is 5.56 Å². The second-order valence-electron chi connectivity index (χ2n) is 8.01. The van der Waals surface area contributed by atoms with Crippen molar-refractivity contribution in [3.8, 4) is 11.1 Å². The standard InChI is InChI=1S/C25H26N4O/c1-2-21-23(19-11-7-4-8-12-19)24-26-17-20-22(29(24)27-21)14-16-28(25(20)30)15-13-18-9-5-3-6-10-18/h4,7-9,11-12,14,16-17H,2-3,5-6,10,13,15H2,1H3. The molecule has 0 fully saturated rings. The summed E-state index contributed by atoms with van der Waals surface area (Å²) in [6, 6.07) is 12.2. The number of hydrogen-bond donors (Lipinski definition) is 0. The van der Waals surface area contributed by atoms with Gasteiger partial charge in [0.1, 0.15) is 0 Å². The van der Waals surface area contributed by atoms with Crippen molar-refractivity contribution >= 4 is 16.6 Å². The Labute approximate surface area is 175 Å². The normalized spacial score (nSPS) is 14.4. The van der Waals surface area contributed by atoms with Gasteiger partial charge in [-0.05, 0) is 50.2 Å². The van der Waals surface area contributed by atoms with Crippen molar-refractivity contribution in [1.29, 1.82) is 0 Å². The minimum Gasteiger partial charge on any atom is -0.315 e. The van der Waals surface area contributed by atoms with Crippen LogP contribution in [-0.4, -0.2) is 19.2 Å². The molecule has 4 aromatic rings. The number of pyridine rings is 1. The van der Waals surface area contributed by atoms with E-state index < -0.39 is 0 Å². The number of fused-ring (bicyclic) bond motifs is 3. The monoisotopic (exact) mass is 398 g/mol. The third-order valence-corrected chi connectivity index (χ3v) is 6.11. The van der Waals surface area contributed by atoms with Crippen LogP contribution in [-0.2, 0) is 13.0 Å². The molecule has 1 aromatic carbocycles. The lowest BCUT2D eigenvalue weighted by Crippen LogP contribution is -2.21. The van der Waals surface area contributed by atoms with Gasteiger partial charge in [0.25, 0.3) is 5.56 Å². The fourth-order valence-corrected chi connectivity index (χ4v) is 4.47. The molecule has 0 unspecified atom stereocenters. The molecule has 3 aromatic heterocycles. The second kappa shape index (κ2) is 7.90. The van der Waals surface area contributed by atoms with Crippen LogP contribution >= 0.6 is 0 Å². The Morgan fingerprint density at radius 1 is 1.10 bits per heavy atom. The third kappa shape index (κ3) is 3.24. The first-order valence-electron chi connectivity index (χ1n) is 10.9. The number of rotatable bonds is 5. The summed E-state index contributed by atoms with van der Waals surface area (Å²) in [4.78, 5) is 17.8. The van der Waals surface area contributed by atoms with Gasteiger partial charge in [-0.2, -0.15) is 5.10 Å². The highest BCUT2D eigenvalue weighted by molar-refractivity contribution is 5.86. The van der Waals surface area contributed by atoms with E-state index in [-0.39, 0.29) is 5.56 Å². The van der Waals surface area contributed by atoms with Crippen LogP contribution in [0.1, 0.15) is 44.7 Å². The molecule has 0 amide bonds. The van der Waals surface area contributed by atoms with E-state index in [0.717, 1.165) is 40.8 Å². The summed E-state index contributed by atoms with van der Waals surface area (Å²) in [6.45, 7) is 2.82. The first-order chi connectivity index (χ1) is 14.8. The molecule has 152 valence electrons. The molecule has 5 rings (SSSR count). The van der Waals surface area contributed by atoms with Crippen molar-refractivity contribution in [2.75, 3.05) is 0 Å². The smallest absolute Gasteiger partial charge is 0.261 e. The number of allylic oxidation sites excluding steroid dienone is 2. The molecule has 0 saturated carbocycles. The van der Waals surface area contributed by atoms with Gasteiger partial charge in [0.15, 0.2) is 5.65 Å². The van der Waals surface area contributed by atoms with Gasteiger partial charge in [0.05, 0.1) is 16.6 Å². The Bertz CT molecular complexity index is 1300. The summed E-state index contributed by atoms with van der Waals surface area (Å²) in [5, 5.41) is 5.44. The molecule has 0 radical (unpaired) electrons. The van der Waals surface area contributed by atoms with E-state index in [1.54, 1.807) is 6.20 Å². The first-order valence-corrected chi connectivity index (χ1v) is 10.9. The van der Waals surface area contributed by atoms with Gasteiger partial charge in [0.2, 0.25) is 0 Å². The zero-order valence-electron chi connectivity index (χ0n) is 17.3. The number of aryl methyl sites for hydroxylation is 2. The van der Waals surface area contributed by atoms with Crippen LogP contribution in [0, 0.1) is 0 Å². The topological polar surface area (TPSA) is 52.2 Å². The second-order valence-corrected chi connectivity index (χ2v) is 8.01. The van der Waals surface area contributed by atoms with Crippen LogP contribution in [0.5, 0.6) is 0 Å². The highest BCUT2D eigenvalue weighted by Crippen LogP contribution is 2.29. The lowest BCUT2D eigenvalue weighted by atomic mass is 9.97. The Balaban J connectivity index is 1.59. The summed E-state index contributed by atoms with van der Waals surface area (Å²) >= 11 is 0. The molecule has 0 aliphatic heterocycles. The Kier molecular flexibility index (Phi) is 4.95. The predicted octanol–water partition coefficient (Wildman–Crippen LogP) is 5.16. The summed E-state index contributed by atoms with van der Waals surface area (Å²) in [6.07, 6.45) is 12.6. The SMILES string of the molecule is CCc1nn2c(ncc3c(=O)n(CCC4=CCCCC4)ccc32)c1-c1ccccc1. The molecule has 0 bridgehead atoms. The summed E-state index contributed by atoms with van der Waals surface area (Å²) in [5.74, 6) is 0. The molecule has 0 atom stereocenters. The quantitative estimate of drug-likeness (QED) is 0.436. The Morgan fingerprint density at radius 2 is 1.97 bits per heavy atom.